The van der Waals surface area contributed by atoms with E-state index in [1.807, 2.05) is 0 Å². The summed E-state index contributed by atoms with van der Waals surface area (Å²) in [5.41, 5.74) is 0. The van der Waals surface area contributed by atoms with Gasteiger partial charge in [-0.1, -0.05) is 23.4 Å². The second-order valence-electron chi connectivity index (χ2n) is 3.69. The molecule has 1 aliphatic rings. The monoisotopic (exact) mass is 155 g/mol. The zero-order chi connectivity index (χ0) is 7.40. The van der Waals surface area contributed by atoms with Gasteiger partial charge in [-0.15, -0.1) is 5.79 Å². The van der Waals surface area contributed by atoms with Gasteiger partial charge in [0.2, 0.25) is 0 Å². The first-order valence-corrected chi connectivity index (χ1v) is 7.26. The molecule has 0 unspecified atom stereocenters. The van der Waals surface area contributed by atoms with Crippen molar-refractivity contribution in [3.8, 4) is 0 Å². The van der Waals surface area contributed by atoms with Crippen molar-refractivity contribution in [2.45, 2.75) is 29.2 Å². The SMILES string of the molecule is CN1CC[CH2][Al]([CH3])[CH2]CC1. The quantitative estimate of drug-likeness (QED) is 0.482. The molecule has 0 aromatic rings. The minimum absolute atomic E-state index is 0.223. The van der Waals surface area contributed by atoms with Crippen LogP contribution >= 0.6 is 0 Å². The Labute approximate surface area is 68.8 Å². The van der Waals surface area contributed by atoms with Crippen LogP contribution in [-0.4, -0.2) is 39.2 Å². The summed E-state index contributed by atoms with van der Waals surface area (Å²) in [6, 6.07) is 0. The third-order valence-electron chi connectivity index (χ3n) is 2.47. The van der Waals surface area contributed by atoms with Gasteiger partial charge in [0.1, 0.15) is 0 Å². The van der Waals surface area contributed by atoms with Gasteiger partial charge in [-0.3, -0.25) is 0 Å². The van der Waals surface area contributed by atoms with Gasteiger partial charge >= 0.3 is 0 Å². The number of nitrogens with zero attached hydrogens (tertiary/aromatic N) is 1. The Morgan fingerprint density at radius 1 is 1.10 bits per heavy atom. The van der Waals surface area contributed by atoms with E-state index in [1.165, 1.54) is 25.9 Å². The van der Waals surface area contributed by atoms with E-state index in [4.69, 9.17) is 0 Å². The molecule has 1 rings (SSSR count). The van der Waals surface area contributed by atoms with E-state index >= 15 is 0 Å². The van der Waals surface area contributed by atoms with Crippen LogP contribution in [0, 0.1) is 0 Å². The van der Waals surface area contributed by atoms with Crippen LogP contribution in [0.1, 0.15) is 12.8 Å². The van der Waals surface area contributed by atoms with Crippen molar-refractivity contribution in [3.63, 3.8) is 0 Å². The molecule has 0 aromatic carbocycles. The Morgan fingerprint density at radius 3 is 2.10 bits per heavy atom. The van der Waals surface area contributed by atoms with Crippen LogP contribution < -0.4 is 0 Å². The first kappa shape index (κ1) is 8.59. The smallest absolute Gasteiger partial charge is 0.258 e. The largest absolute Gasteiger partial charge is 0.306 e. The minimum Gasteiger partial charge on any atom is -0.306 e. The maximum Gasteiger partial charge on any atom is 0.258 e. The van der Waals surface area contributed by atoms with E-state index < -0.39 is 0 Å². The Balaban J connectivity index is 2.21. The second kappa shape index (κ2) is 4.39. The fraction of sp³-hybridized carbons (Fsp3) is 1.00. The van der Waals surface area contributed by atoms with Crippen LogP contribution in [0.25, 0.3) is 0 Å². The third kappa shape index (κ3) is 3.05. The zero-order valence-corrected chi connectivity index (χ0v) is 8.42. The van der Waals surface area contributed by atoms with Crippen molar-refractivity contribution in [2.75, 3.05) is 20.1 Å². The highest BCUT2D eigenvalue weighted by atomic mass is 27.2. The van der Waals surface area contributed by atoms with Gasteiger partial charge in [0.25, 0.3) is 14.1 Å². The van der Waals surface area contributed by atoms with Crippen molar-refractivity contribution in [1.29, 1.82) is 0 Å². The summed E-state index contributed by atoms with van der Waals surface area (Å²) in [6.45, 7) is 2.69. The summed E-state index contributed by atoms with van der Waals surface area (Å²) in [4.78, 5) is 2.47. The van der Waals surface area contributed by atoms with Gasteiger partial charge in [0.15, 0.2) is 0 Å². The lowest BCUT2D eigenvalue weighted by Crippen LogP contribution is -2.25. The Bertz CT molecular complexity index is 75.3. The molecule has 1 fully saturated rings. The van der Waals surface area contributed by atoms with Crippen LogP contribution in [0.15, 0.2) is 0 Å². The molecule has 0 amide bonds. The molecule has 0 saturated carbocycles. The van der Waals surface area contributed by atoms with Gasteiger partial charge in [-0.25, -0.2) is 0 Å². The fourth-order valence-electron chi connectivity index (χ4n) is 1.68. The van der Waals surface area contributed by atoms with Gasteiger partial charge < -0.3 is 4.90 Å². The predicted octanol–water partition coefficient (Wildman–Crippen LogP) is 1.84. The molecule has 0 bridgehead atoms. The summed E-state index contributed by atoms with van der Waals surface area (Å²) in [6.07, 6.45) is 2.92. The van der Waals surface area contributed by atoms with Crippen LogP contribution in [0.5, 0.6) is 0 Å². The lowest BCUT2D eigenvalue weighted by molar-refractivity contribution is 0.330. The topological polar surface area (TPSA) is 3.24 Å². The van der Waals surface area contributed by atoms with Crippen molar-refractivity contribution in [2.24, 2.45) is 0 Å². The van der Waals surface area contributed by atoms with E-state index in [1.54, 1.807) is 10.6 Å². The molecular formula is C8H18AlN. The highest BCUT2D eigenvalue weighted by Crippen LogP contribution is 2.10. The summed E-state index contributed by atoms with van der Waals surface area (Å²) >= 11 is -0.223. The molecule has 10 heavy (non-hydrogen) atoms. The lowest BCUT2D eigenvalue weighted by Gasteiger charge is -2.20. The first-order valence-electron chi connectivity index (χ1n) is 4.47. The van der Waals surface area contributed by atoms with Gasteiger partial charge in [0.05, 0.1) is 0 Å². The van der Waals surface area contributed by atoms with Crippen molar-refractivity contribution in [3.05, 3.63) is 0 Å². The molecule has 0 spiro atoms. The number of rotatable bonds is 0. The Hall–Kier alpha value is 0.492. The van der Waals surface area contributed by atoms with Gasteiger partial charge in [0, 0.05) is 0 Å². The van der Waals surface area contributed by atoms with Crippen LogP contribution in [0.3, 0.4) is 0 Å². The van der Waals surface area contributed by atoms with E-state index in [0.29, 0.717) is 0 Å². The van der Waals surface area contributed by atoms with Crippen LogP contribution in [-0.2, 0) is 0 Å². The molecule has 1 saturated heterocycles. The summed E-state index contributed by atoms with van der Waals surface area (Å²) in [7, 11) is 2.25. The maximum atomic E-state index is 2.52. The van der Waals surface area contributed by atoms with Crippen molar-refractivity contribution < 1.29 is 0 Å². The summed E-state index contributed by atoms with van der Waals surface area (Å²) in [5, 5.41) is 3.15. The molecule has 2 heteroatoms. The average Bonchev–Trinajstić information content (AvgIpc) is 1.84. The fourth-order valence-corrected chi connectivity index (χ4v) is 3.72. The van der Waals surface area contributed by atoms with Gasteiger partial charge in [-0.05, 0) is 20.1 Å². The van der Waals surface area contributed by atoms with Crippen LogP contribution in [0.2, 0.25) is 16.4 Å². The Kier molecular flexibility index (Phi) is 3.77. The van der Waals surface area contributed by atoms with E-state index in [-0.39, 0.29) is 14.1 Å². The lowest BCUT2D eigenvalue weighted by atomic mass is 10.4. The molecular weight excluding hydrogens is 137 g/mol. The minimum atomic E-state index is -0.223. The first-order chi connectivity index (χ1) is 4.79. The molecule has 1 aliphatic heterocycles. The molecule has 0 radical (unpaired) electrons. The second-order valence-corrected chi connectivity index (χ2v) is 7.06. The normalized spacial score (nSPS) is 24.0. The maximum absolute atomic E-state index is 2.52. The number of hydrogen-bond acceptors (Lipinski definition) is 1. The average molecular weight is 155 g/mol. The summed E-state index contributed by atoms with van der Waals surface area (Å²) in [5.74, 6) is 2.52. The van der Waals surface area contributed by atoms with Crippen molar-refractivity contribution in [1.82, 2.24) is 4.90 Å². The zero-order valence-electron chi connectivity index (χ0n) is 7.27. The molecule has 0 aliphatic carbocycles. The molecule has 0 atom stereocenters. The molecule has 0 N–H and O–H groups in total. The molecule has 58 valence electrons. The highest BCUT2D eigenvalue weighted by molar-refractivity contribution is 6.57. The standard InChI is InChI=1S/C7H15N.CH3.Al/c1-4-6-8(3)7-5-2;;/h1-2,4-7H2,3H3;1H3;. The molecule has 1 heterocycles. The third-order valence-corrected chi connectivity index (χ3v) is 5.26. The molecule has 1 nitrogen and oxygen atoms in total. The van der Waals surface area contributed by atoms with E-state index in [0.717, 1.165) is 0 Å². The molecule has 0 aromatic heterocycles. The predicted molar refractivity (Wildman–Crippen MR) is 48.0 cm³/mol. The highest BCUT2D eigenvalue weighted by Gasteiger charge is 2.12. The van der Waals surface area contributed by atoms with E-state index in [9.17, 15) is 0 Å². The Morgan fingerprint density at radius 2 is 1.60 bits per heavy atom. The summed E-state index contributed by atoms with van der Waals surface area (Å²) < 4.78 is 0. The van der Waals surface area contributed by atoms with E-state index in [2.05, 4.69) is 17.7 Å². The van der Waals surface area contributed by atoms with Crippen LogP contribution in [0.4, 0.5) is 0 Å². The van der Waals surface area contributed by atoms with Gasteiger partial charge in [-0.2, -0.15) is 0 Å². The van der Waals surface area contributed by atoms with Crippen molar-refractivity contribution >= 4 is 14.1 Å². The number of hydrogen-bond donors (Lipinski definition) is 0.